The van der Waals surface area contributed by atoms with Crippen LogP contribution in [0.2, 0.25) is 0 Å². The van der Waals surface area contributed by atoms with E-state index in [1.807, 2.05) is 6.92 Å². The van der Waals surface area contributed by atoms with Crippen LogP contribution < -0.4 is 5.32 Å². The van der Waals surface area contributed by atoms with Gasteiger partial charge in [-0.15, -0.1) is 11.3 Å². The van der Waals surface area contributed by atoms with E-state index in [1.54, 1.807) is 5.38 Å². The number of aliphatic carboxylic acids is 1. The van der Waals surface area contributed by atoms with E-state index in [0.29, 0.717) is 5.69 Å². The predicted octanol–water partition coefficient (Wildman–Crippen LogP) is -0.0542. The summed E-state index contributed by atoms with van der Waals surface area (Å²) in [6, 6.07) is 0. The van der Waals surface area contributed by atoms with Crippen LogP contribution in [0.5, 0.6) is 0 Å². The van der Waals surface area contributed by atoms with Crippen molar-refractivity contribution < 1.29 is 19.8 Å². The van der Waals surface area contributed by atoms with Crippen molar-refractivity contribution in [2.45, 2.75) is 25.9 Å². The molecule has 1 atom stereocenters. The lowest BCUT2D eigenvalue weighted by Crippen LogP contribution is -2.31. The molecule has 0 aliphatic carbocycles. The Kier molecular flexibility index (Phi) is 5.05. The van der Waals surface area contributed by atoms with Gasteiger partial charge in [0.15, 0.2) is 6.10 Å². The number of aliphatic hydroxyl groups excluding tert-OH is 1. The molecule has 94 valence electrons. The molecule has 0 aromatic carbocycles. The lowest BCUT2D eigenvalue weighted by molar-refractivity contribution is -0.147. The van der Waals surface area contributed by atoms with Gasteiger partial charge in [0.05, 0.1) is 17.1 Å². The third-order valence-corrected chi connectivity index (χ3v) is 2.86. The second-order valence-corrected chi connectivity index (χ2v) is 4.59. The Labute approximate surface area is 102 Å². The summed E-state index contributed by atoms with van der Waals surface area (Å²) >= 11 is 1.47. The summed E-state index contributed by atoms with van der Waals surface area (Å²) in [6.07, 6.45) is -1.26. The minimum atomic E-state index is -1.43. The average Bonchev–Trinajstić information content (AvgIpc) is 2.63. The molecule has 1 aromatic heterocycles. The molecular weight excluding hydrogens is 244 g/mol. The fourth-order valence-corrected chi connectivity index (χ4v) is 1.80. The number of nitrogens with one attached hydrogen (secondary N) is 1. The fraction of sp³-hybridized carbons (Fsp3) is 0.500. The number of rotatable bonds is 6. The number of nitrogens with zero attached hydrogens (tertiary/aromatic N) is 1. The van der Waals surface area contributed by atoms with Crippen molar-refractivity contribution in [2.75, 3.05) is 6.54 Å². The summed E-state index contributed by atoms with van der Waals surface area (Å²) in [7, 11) is 0. The van der Waals surface area contributed by atoms with Crippen molar-refractivity contribution in [3.05, 3.63) is 16.1 Å². The number of carboxylic acids is 1. The Hall–Kier alpha value is -1.47. The number of aliphatic hydroxyl groups is 1. The SMILES string of the molecule is Cc1nc(CC(=O)NCCC(O)C(=O)O)cs1. The Morgan fingerprint density at radius 1 is 1.59 bits per heavy atom. The molecule has 7 heteroatoms. The van der Waals surface area contributed by atoms with Gasteiger partial charge in [0.25, 0.3) is 0 Å². The Morgan fingerprint density at radius 2 is 2.29 bits per heavy atom. The first-order chi connectivity index (χ1) is 7.99. The topological polar surface area (TPSA) is 99.5 Å². The molecule has 0 spiro atoms. The quantitative estimate of drug-likeness (QED) is 0.664. The highest BCUT2D eigenvalue weighted by molar-refractivity contribution is 7.09. The minimum absolute atomic E-state index is 0.00281. The fourth-order valence-electron chi connectivity index (χ4n) is 1.19. The maximum Gasteiger partial charge on any atom is 0.332 e. The van der Waals surface area contributed by atoms with Crippen LogP contribution in [0, 0.1) is 6.92 Å². The van der Waals surface area contributed by atoms with Gasteiger partial charge in [-0.1, -0.05) is 0 Å². The first kappa shape index (κ1) is 13.6. The lowest BCUT2D eigenvalue weighted by Gasteiger charge is -2.06. The molecule has 0 aliphatic rings. The van der Waals surface area contributed by atoms with Gasteiger partial charge < -0.3 is 15.5 Å². The van der Waals surface area contributed by atoms with E-state index in [9.17, 15) is 9.59 Å². The zero-order chi connectivity index (χ0) is 12.8. The molecule has 3 N–H and O–H groups in total. The van der Waals surface area contributed by atoms with Gasteiger partial charge in [0.2, 0.25) is 5.91 Å². The molecule has 1 amide bonds. The molecule has 1 aromatic rings. The number of thiazole rings is 1. The summed E-state index contributed by atoms with van der Waals surface area (Å²) in [5.74, 6) is -1.51. The van der Waals surface area contributed by atoms with E-state index >= 15 is 0 Å². The largest absolute Gasteiger partial charge is 0.479 e. The van der Waals surface area contributed by atoms with Crippen molar-refractivity contribution in [1.29, 1.82) is 0 Å². The summed E-state index contributed by atoms with van der Waals surface area (Å²) in [6.45, 7) is 1.99. The van der Waals surface area contributed by atoms with Crippen LogP contribution in [-0.2, 0) is 16.0 Å². The van der Waals surface area contributed by atoms with Gasteiger partial charge >= 0.3 is 5.97 Å². The van der Waals surface area contributed by atoms with Gasteiger partial charge in [-0.25, -0.2) is 9.78 Å². The van der Waals surface area contributed by atoms with Crippen LogP contribution in [0.1, 0.15) is 17.1 Å². The number of carbonyl (C=O) groups excluding carboxylic acids is 1. The molecule has 0 aliphatic heterocycles. The zero-order valence-electron chi connectivity index (χ0n) is 9.34. The highest BCUT2D eigenvalue weighted by Crippen LogP contribution is 2.08. The van der Waals surface area contributed by atoms with Crippen LogP contribution in [0.25, 0.3) is 0 Å². The molecule has 1 rings (SSSR count). The van der Waals surface area contributed by atoms with Gasteiger partial charge in [-0.3, -0.25) is 4.79 Å². The van der Waals surface area contributed by atoms with E-state index in [-0.39, 0.29) is 25.3 Å². The number of carbonyl (C=O) groups is 2. The lowest BCUT2D eigenvalue weighted by atomic mass is 10.2. The summed E-state index contributed by atoms with van der Waals surface area (Å²) < 4.78 is 0. The Bertz CT molecular complexity index is 405. The smallest absolute Gasteiger partial charge is 0.332 e. The second-order valence-electron chi connectivity index (χ2n) is 3.53. The van der Waals surface area contributed by atoms with Gasteiger partial charge in [0, 0.05) is 18.3 Å². The van der Waals surface area contributed by atoms with E-state index in [0.717, 1.165) is 5.01 Å². The van der Waals surface area contributed by atoms with Crippen molar-refractivity contribution in [2.24, 2.45) is 0 Å². The highest BCUT2D eigenvalue weighted by Gasteiger charge is 2.13. The van der Waals surface area contributed by atoms with Gasteiger partial charge in [-0.05, 0) is 6.92 Å². The first-order valence-electron chi connectivity index (χ1n) is 5.07. The van der Waals surface area contributed by atoms with Crippen molar-refractivity contribution >= 4 is 23.2 Å². The third kappa shape index (κ3) is 4.92. The first-order valence-corrected chi connectivity index (χ1v) is 5.95. The molecule has 0 radical (unpaired) electrons. The molecule has 1 heterocycles. The Morgan fingerprint density at radius 3 is 2.82 bits per heavy atom. The molecule has 6 nitrogen and oxygen atoms in total. The maximum atomic E-state index is 11.4. The molecule has 1 unspecified atom stereocenters. The van der Waals surface area contributed by atoms with Crippen LogP contribution in [0.15, 0.2) is 5.38 Å². The van der Waals surface area contributed by atoms with E-state index in [1.165, 1.54) is 11.3 Å². The summed E-state index contributed by atoms with van der Waals surface area (Å²) in [5, 5.41) is 22.6. The number of hydrogen-bond donors (Lipinski definition) is 3. The highest BCUT2D eigenvalue weighted by atomic mass is 32.1. The van der Waals surface area contributed by atoms with Gasteiger partial charge in [0.1, 0.15) is 0 Å². The summed E-state index contributed by atoms with van der Waals surface area (Å²) in [4.78, 5) is 25.8. The zero-order valence-corrected chi connectivity index (χ0v) is 10.2. The maximum absolute atomic E-state index is 11.4. The predicted molar refractivity (Wildman–Crippen MR) is 61.8 cm³/mol. The van der Waals surface area contributed by atoms with Crippen LogP contribution >= 0.6 is 11.3 Å². The Balaban J connectivity index is 2.24. The third-order valence-electron chi connectivity index (χ3n) is 2.03. The van der Waals surface area contributed by atoms with Crippen LogP contribution in [0.3, 0.4) is 0 Å². The van der Waals surface area contributed by atoms with E-state index in [4.69, 9.17) is 10.2 Å². The van der Waals surface area contributed by atoms with Gasteiger partial charge in [-0.2, -0.15) is 0 Å². The van der Waals surface area contributed by atoms with E-state index < -0.39 is 12.1 Å². The van der Waals surface area contributed by atoms with Crippen molar-refractivity contribution in [1.82, 2.24) is 10.3 Å². The average molecular weight is 258 g/mol. The number of hydrogen-bond acceptors (Lipinski definition) is 5. The van der Waals surface area contributed by atoms with Crippen LogP contribution in [-0.4, -0.2) is 39.7 Å². The number of aryl methyl sites for hydroxylation is 1. The molecule has 0 bridgehead atoms. The number of carboxylic acid groups (broad SMARTS) is 1. The summed E-state index contributed by atoms with van der Waals surface area (Å²) in [5.41, 5.74) is 0.698. The normalized spacial score (nSPS) is 12.1. The number of amides is 1. The standard InChI is InChI=1S/C10H14N2O4S/c1-6-12-7(5-17-6)4-9(14)11-3-2-8(13)10(15)16/h5,8,13H,2-4H2,1H3,(H,11,14)(H,15,16). The van der Waals surface area contributed by atoms with E-state index in [2.05, 4.69) is 10.3 Å². The monoisotopic (exact) mass is 258 g/mol. The molecule has 0 fully saturated rings. The molecular formula is C10H14N2O4S. The van der Waals surface area contributed by atoms with Crippen LogP contribution in [0.4, 0.5) is 0 Å². The van der Waals surface area contributed by atoms with Crippen molar-refractivity contribution in [3.63, 3.8) is 0 Å². The minimum Gasteiger partial charge on any atom is -0.479 e. The molecule has 17 heavy (non-hydrogen) atoms. The molecule has 0 saturated heterocycles. The van der Waals surface area contributed by atoms with Crippen molar-refractivity contribution in [3.8, 4) is 0 Å². The number of aromatic nitrogens is 1. The molecule has 0 saturated carbocycles. The second kappa shape index (κ2) is 6.31.